The molecule has 0 unspecified atom stereocenters. The number of rotatable bonds is 0. The number of nitrogens with zero attached hydrogens (tertiary/aromatic N) is 1. The third-order valence-corrected chi connectivity index (χ3v) is 2.45. The summed E-state index contributed by atoms with van der Waals surface area (Å²) in [6.07, 6.45) is -4.19. The number of nitrogens with one attached hydrogen (secondary N) is 1. The molecule has 1 aromatic rings. The Morgan fingerprint density at radius 3 is 2.62 bits per heavy atom. The number of H-pyrrole nitrogens is 1. The normalized spacial score (nSPS) is 17.8. The van der Waals surface area contributed by atoms with Crippen molar-refractivity contribution in [3.05, 3.63) is 33.2 Å². The summed E-state index contributed by atoms with van der Waals surface area (Å²) in [5.74, 6) is 0. The Balaban J connectivity index is 2.75. The Kier molecular flexibility index (Phi) is 2.25. The fourth-order valence-electron chi connectivity index (χ4n) is 1.82. The molecule has 0 saturated carbocycles. The van der Waals surface area contributed by atoms with Gasteiger partial charge in [-0.3, -0.25) is 4.79 Å². The van der Waals surface area contributed by atoms with Crippen LogP contribution in [0.3, 0.4) is 0 Å². The van der Waals surface area contributed by atoms with Gasteiger partial charge in [0.25, 0.3) is 0 Å². The number of pyridine rings is 1. The Morgan fingerprint density at radius 1 is 1.38 bits per heavy atom. The Labute approximate surface area is 87.4 Å². The van der Waals surface area contributed by atoms with Crippen molar-refractivity contribution in [2.45, 2.75) is 19.0 Å². The van der Waals surface area contributed by atoms with Crippen LogP contribution in [0.5, 0.6) is 0 Å². The summed E-state index contributed by atoms with van der Waals surface area (Å²) < 4.78 is 37.9. The standard InChI is InChI=1S/C9H7F3N2O2/c10-9(11,12)4-3-7(15)13-5-1-2-6(14-16)8(4)5/h3,16H,1-2H2,(H,13,15). The molecule has 86 valence electrons. The number of aryl methyl sites for hydroxylation is 1. The molecule has 0 fully saturated rings. The van der Waals surface area contributed by atoms with Crippen molar-refractivity contribution < 1.29 is 18.4 Å². The third kappa shape index (κ3) is 1.58. The maximum absolute atomic E-state index is 12.6. The van der Waals surface area contributed by atoms with Crippen LogP contribution in [0.4, 0.5) is 13.2 Å². The molecule has 0 radical (unpaired) electrons. The van der Waals surface area contributed by atoms with Crippen molar-refractivity contribution in [3.8, 4) is 0 Å². The molecule has 1 aliphatic carbocycles. The van der Waals surface area contributed by atoms with Gasteiger partial charge in [-0.25, -0.2) is 0 Å². The average molecular weight is 232 g/mol. The van der Waals surface area contributed by atoms with E-state index in [9.17, 15) is 18.0 Å². The van der Waals surface area contributed by atoms with E-state index in [0.29, 0.717) is 6.07 Å². The molecule has 16 heavy (non-hydrogen) atoms. The third-order valence-electron chi connectivity index (χ3n) is 2.45. The lowest BCUT2D eigenvalue weighted by atomic mass is 10.1. The Hall–Kier alpha value is -1.79. The second-order valence-corrected chi connectivity index (χ2v) is 3.45. The molecule has 2 rings (SSSR count). The van der Waals surface area contributed by atoms with Gasteiger partial charge in [-0.2, -0.15) is 13.2 Å². The molecule has 0 saturated heterocycles. The first-order valence-electron chi connectivity index (χ1n) is 4.48. The Morgan fingerprint density at radius 2 is 2.06 bits per heavy atom. The van der Waals surface area contributed by atoms with Gasteiger partial charge in [-0.15, -0.1) is 0 Å². The van der Waals surface area contributed by atoms with Crippen LogP contribution in [-0.4, -0.2) is 15.9 Å². The molecule has 0 aliphatic heterocycles. The van der Waals surface area contributed by atoms with Crippen LogP contribution in [0.15, 0.2) is 16.0 Å². The topological polar surface area (TPSA) is 65.5 Å². The smallest absolute Gasteiger partial charge is 0.411 e. The van der Waals surface area contributed by atoms with E-state index in [2.05, 4.69) is 10.1 Å². The van der Waals surface area contributed by atoms with Gasteiger partial charge in [0.15, 0.2) is 0 Å². The van der Waals surface area contributed by atoms with Crippen LogP contribution in [0, 0.1) is 0 Å². The molecule has 2 N–H and O–H groups in total. The molecule has 7 heteroatoms. The number of aromatic nitrogens is 1. The van der Waals surface area contributed by atoms with Gasteiger partial charge in [-0.05, 0) is 12.8 Å². The molecule has 0 amide bonds. The van der Waals surface area contributed by atoms with E-state index < -0.39 is 17.3 Å². The lowest BCUT2D eigenvalue weighted by Crippen LogP contribution is -2.19. The quantitative estimate of drug-likeness (QED) is 0.526. The average Bonchev–Trinajstić information content (AvgIpc) is 2.57. The summed E-state index contributed by atoms with van der Waals surface area (Å²) in [6, 6.07) is 0.481. The molecule has 4 nitrogen and oxygen atoms in total. The molecule has 0 atom stereocenters. The van der Waals surface area contributed by atoms with Gasteiger partial charge < -0.3 is 10.2 Å². The largest absolute Gasteiger partial charge is 0.417 e. The molecule has 0 spiro atoms. The van der Waals surface area contributed by atoms with E-state index in [1.54, 1.807) is 0 Å². The number of hydrogen-bond acceptors (Lipinski definition) is 3. The van der Waals surface area contributed by atoms with Crippen molar-refractivity contribution in [1.29, 1.82) is 0 Å². The van der Waals surface area contributed by atoms with E-state index in [4.69, 9.17) is 5.21 Å². The summed E-state index contributed by atoms with van der Waals surface area (Å²) in [7, 11) is 0. The molecule has 1 aromatic heterocycles. The highest BCUT2D eigenvalue weighted by Crippen LogP contribution is 2.35. The van der Waals surface area contributed by atoms with Crippen LogP contribution in [0.1, 0.15) is 23.2 Å². The predicted molar refractivity (Wildman–Crippen MR) is 48.7 cm³/mol. The number of alkyl halides is 3. The van der Waals surface area contributed by atoms with Crippen molar-refractivity contribution in [2.24, 2.45) is 5.16 Å². The van der Waals surface area contributed by atoms with Gasteiger partial charge >= 0.3 is 6.18 Å². The molecule has 1 aliphatic rings. The van der Waals surface area contributed by atoms with E-state index in [0.717, 1.165) is 0 Å². The van der Waals surface area contributed by atoms with E-state index in [1.165, 1.54) is 0 Å². The minimum absolute atomic E-state index is 0.0430. The van der Waals surface area contributed by atoms with Crippen LogP contribution >= 0.6 is 0 Å². The number of hydrogen-bond donors (Lipinski definition) is 2. The monoisotopic (exact) mass is 232 g/mol. The molecule has 0 bridgehead atoms. The van der Waals surface area contributed by atoms with Gasteiger partial charge in [-0.1, -0.05) is 5.16 Å². The fraction of sp³-hybridized carbons (Fsp3) is 0.333. The SMILES string of the molecule is O=c1cc(C(F)(F)F)c2c([nH]1)CCC2=NO. The Bertz CT molecular complexity index is 516. The number of fused-ring (bicyclic) bond motifs is 1. The van der Waals surface area contributed by atoms with E-state index >= 15 is 0 Å². The van der Waals surface area contributed by atoms with Crippen molar-refractivity contribution in [1.82, 2.24) is 4.98 Å². The number of halogens is 3. The van der Waals surface area contributed by atoms with Crippen LogP contribution in [-0.2, 0) is 12.6 Å². The highest BCUT2D eigenvalue weighted by molar-refractivity contribution is 6.05. The number of aromatic amines is 1. The summed E-state index contributed by atoms with van der Waals surface area (Å²) in [6.45, 7) is 0. The highest BCUT2D eigenvalue weighted by atomic mass is 19.4. The number of oxime groups is 1. The van der Waals surface area contributed by atoms with Gasteiger partial charge in [0.1, 0.15) is 0 Å². The minimum atomic E-state index is -4.63. The van der Waals surface area contributed by atoms with Crippen LogP contribution < -0.4 is 5.56 Å². The maximum Gasteiger partial charge on any atom is 0.417 e. The molecule has 0 aromatic carbocycles. The second kappa shape index (κ2) is 3.36. The first-order valence-corrected chi connectivity index (χ1v) is 4.48. The second-order valence-electron chi connectivity index (χ2n) is 3.45. The van der Waals surface area contributed by atoms with Gasteiger partial charge in [0, 0.05) is 17.3 Å². The maximum atomic E-state index is 12.6. The first kappa shape index (κ1) is 10.7. The summed E-state index contributed by atoms with van der Waals surface area (Å²) >= 11 is 0. The van der Waals surface area contributed by atoms with Gasteiger partial charge in [0.2, 0.25) is 5.56 Å². The van der Waals surface area contributed by atoms with Gasteiger partial charge in [0.05, 0.1) is 11.3 Å². The lowest BCUT2D eigenvalue weighted by molar-refractivity contribution is -0.137. The van der Waals surface area contributed by atoms with Crippen molar-refractivity contribution >= 4 is 5.71 Å². The van der Waals surface area contributed by atoms with E-state index in [-0.39, 0.29) is 29.8 Å². The van der Waals surface area contributed by atoms with Crippen LogP contribution in [0.2, 0.25) is 0 Å². The fourth-order valence-corrected chi connectivity index (χ4v) is 1.82. The summed E-state index contributed by atoms with van der Waals surface area (Å²) in [5.41, 5.74) is -1.91. The summed E-state index contributed by atoms with van der Waals surface area (Å²) in [5, 5.41) is 11.4. The van der Waals surface area contributed by atoms with Crippen molar-refractivity contribution in [2.75, 3.05) is 0 Å². The zero-order valence-electron chi connectivity index (χ0n) is 7.93. The summed E-state index contributed by atoms with van der Waals surface area (Å²) in [4.78, 5) is 13.4. The highest BCUT2D eigenvalue weighted by Gasteiger charge is 2.38. The zero-order valence-corrected chi connectivity index (χ0v) is 7.93. The zero-order chi connectivity index (χ0) is 11.9. The molecule has 1 heterocycles. The lowest BCUT2D eigenvalue weighted by Gasteiger charge is -2.11. The minimum Gasteiger partial charge on any atom is -0.411 e. The molecular formula is C9H7F3N2O2. The molecular weight excluding hydrogens is 225 g/mol. The van der Waals surface area contributed by atoms with E-state index in [1.807, 2.05) is 0 Å². The predicted octanol–water partition coefficient (Wildman–Crippen LogP) is 1.52. The first-order chi connectivity index (χ1) is 7.43. The van der Waals surface area contributed by atoms with Crippen molar-refractivity contribution in [3.63, 3.8) is 0 Å². The van der Waals surface area contributed by atoms with Crippen LogP contribution in [0.25, 0.3) is 0 Å².